The molecule has 0 amide bonds. The molecule has 2 aromatic heterocycles. The van der Waals surface area contributed by atoms with Gasteiger partial charge in [-0.2, -0.15) is 0 Å². The topological polar surface area (TPSA) is 71.7 Å². The maximum absolute atomic E-state index is 12.6. The molecular weight excluding hydrogens is 336 g/mol. The quantitative estimate of drug-likeness (QED) is 0.775. The van der Waals surface area contributed by atoms with Crippen LogP contribution in [0.1, 0.15) is 43.3 Å². The molecule has 0 bridgehead atoms. The minimum absolute atomic E-state index is 0.139. The Labute approximate surface area is 148 Å². The first kappa shape index (κ1) is 17.1. The number of benzene rings is 1. The molecule has 1 aromatic carbocycles. The lowest BCUT2D eigenvalue weighted by Crippen LogP contribution is -2.19. The monoisotopic (exact) mass is 354 g/mol. The lowest BCUT2D eigenvalue weighted by molar-refractivity contribution is 0.0701. The number of fused-ring (bicyclic) bond motifs is 1. The Bertz CT molecular complexity index is 1090. The molecule has 0 unspecified atom stereocenters. The summed E-state index contributed by atoms with van der Waals surface area (Å²) >= 11 is 1.01. The highest BCUT2D eigenvalue weighted by Crippen LogP contribution is 2.22. The summed E-state index contributed by atoms with van der Waals surface area (Å²) in [6.07, 6.45) is 3.75. The van der Waals surface area contributed by atoms with Gasteiger partial charge in [-0.1, -0.05) is 41.2 Å². The van der Waals surface area contributed by atoms with Crippen LogP contribution in [0, 0.1) is 27.7 Å². The molecule has 5 nitrogen and oxygen atoms in total. The number of aryl methyl sites for hydroxylation is 3. The summed E-state index contributed by atoms with van der Waals surface area (Å²) in [6, 6.07) is 6.18. The Balaban J connectivity index is 2.16. The van der Waals surface area contributed by atoms with Gasteiger partial charge >= 0.3 is 5.97 Å². The Hall–Kier alpha value is -2.73. The third kappa shape index (κ3) is 3.00. The maximum Gasteiger partial charge on any atom is 0.347 e. The third-order valence-corrected chi connectivity index (χ3v) is 5.35. The van der Waals surface area contributed by atoms with E-state index in [2.05, 4.69) is 23.2 Å². The molecule has 2 heterocycles. The van der Waals surface area contributed by atoms with Crippen molar-refractivity contribution in [2.45, 2.75) is 27.7 Å². The molecule has 25 heavy (non-hydrogen) atoms. The van der Waals surface area contributed by atoms with Crippen LogP contribution in [0.3, 0.4) is 0 Å². The van der Waals surface area contributed by atoms with Gasteiger partial charge < -0.3 is 5.11 Å². The molecule has 6 heteroatoms. The number of aromatic nitrogens is 2. The van der Waals surface area contributed by atoms with E-state index in [0.29, 0.717) is 21.9 Å². The van der Waals surface area contributed by atoms with Crippen molar-refractivity contribution in [1.29, 1.82) is 0 Å². The Morgan fingerprint density at radius 1 is 1.20 bits per heavy atom. The number of aromatic carboxylic acids is 1. The van der Waals surface area contributed by atoms with Gasteiger partial charge in [-0.05, 0) is 44.9 Å². The standard InChI is InChI=1S/C19H18N2O3S/c1-10-5-6-11(2)14(9-10)7-8-15-12(3)17(22)21-13(4)16(18(23)24)25-19(21)20-15/h5-9H,1-4H3,(H,23,24). The largest absolute Gasteiger partial charge is 0.477 e. The van der Waals surface area contributed by atoms with E-state index in [1.165, 1.54) is 4.40 Å². The summed E-state index contributed by atoms with van der Waals surface area (Å²) < 4.78 is 1.37. The van der Waals surface area contributed by atoms with E-state index >= 15 is 0 Å². The SMILES string of the molecule is Cc1ccc(C)c(C=Cc2nc3sc(C(=O)O)c(C)n3c(=O)c2C)c1. The van der Waals surface area contributed by atoms with E-state index in [-0.39, 0.29) is 10.4 Å². The number of carboxylic acids is 1. The smallest absolute Gasteiger partial charge is 0.347 e. The number of rotatable bonds is 3. The highest BCUT2D eigenvalue weighted by molar-refractivity contribution is 7.18. The number of nitrogens with zero attached hydrogens (tertiary/aromatic N) is 2. The van der Waals surface area contributed by atoms with E-state index in [9.17, 15) is 14.7 Å². The van der Waals surface area contributed by atoms with Gasteiger partial charge in [0.2, 0.25) is 0 Å². The van der Waals surface area contributed by atoms with E-state index in [1.807, 2.05) is 26.0 Å². The first-order chi connectivity index (χ1) is 11.8. The summed E-state index contributed by atoms with van der Waals surface area (Å²) in [5.74, 6) is -1.04. The van der Waals surface area contributed by atoms with Crippen molar-refractivity contribution in [3.63, 3.8) is 0 Å². The van der Waals surface area contributed by atoms with Crippen LogP contribution < -0.4 is 5.56 Å². The molecule has 0 spiro atoms. The first-order valence-electron chi connectivity index (χ1n) is 7.81. The Kier molecular flexibility index (Phi) is 4.30. The molecule has 0 aliphatic rings. The average molecular weight is 354 g/mol. The van der Waals surface area contributed by atoms with Crippen LogP contribution in [-0.2, 0) is 0 Å². The Morgan fingerprint density at radius 3 is 2.60 bits per heavy atom. The molecular formula is C19H18N2O3S. The first-order valence-corrected chi connectivity index (χ1v) is 8.62. The highest BCUT2D eigenvalue weighted by Gasteiger charge is 2.18. The number of hydrogen-bond donors (Lipinski definition) is 1. The zero-order valence-corrected chi connectivity index (χ0v) is 15.3. The molecule has 0 aliphatic heterocycles. The van der Waals surface area contributed by atoms with Crippen molar-refractivity contribution in [2.75, 3.05) is 0 Å². The molecule has 0 atom stereocenters. The van der Waals surface area contributed by atoms with Crippen LogP contribution in [0.4, 0.5) is 0 Å². The number of hydrogen-bond acceptors (Lipinski definition) is 4. The lowest BCUT2D eigenvalue weighted by Gasteiger charge is -2.04. The molecule has 0 radical (unpaired) electrons. The van der Waals surface area contributed by atoms with Gasteiger partial charge in [0.25, 0.3) is 5.56 Å². The zero-order valence-electron chi connectivity index (χ0n) is 14.5. The normalized spacial score (nSPS) is 11.5. The molecule has 128 valence electrons. The van der Waals surface area contributed by atoms with E-state index in [4.69, 9.17) is 0 Å². The van der Waals surface area contributed by atoms with Crippen molar-refractivity contribution in [3.8, 4) is 0 Å². The summed E-state index contributed by atoms with van der Waals surface area (Å²) in [5.41, 5.74) is 4.60. The Morgan fingerprint density at radius 2 is 1.92 bits per heavy atom. The summed E-state index contributed by atoms with van der Waals surface area (Å²) in [5, 5.41) is 9.26. The predicted molar refractivity (Wildman–Crippen MR) is 101 cm³/mol. The van der Waals surface area contributed by atoms with Gasteiger partial charge in [0.05, 0.1) is 11.4 Å². The minimum Gasteiger partial charge on any atom is -0.477 e. The second kappa shape index (κ2) is 6.29. The number of thiazole rings is 1. The van der Waals surface area contributed by atoms with Gasteiger partial charge in [-0.3, -0.25) is 9.20 Å². The summed E-state index contributed by atoms with van der Waals surface area (Å²) in [6.45, 7) is 7.39. The second-order valence-electron chi connectivity index (χ2n) is 6.06. The summed E-state index contributed by atoms with van der Waals surface area (Å²) in [7, 11) is 0. The van der Waals surface area contributed by atoms with Crippen molar-refractivity contribution in [3.05, 3.63) is 67.1 Å². The van der Waals surface area contributed by atoms with Crippen LogP contribution in [0.15, 0.2) is 23.0 Å². The van der Waals surface area contributed by atoms with E-state index < -0.39 is 5.97 Å². The van der Waals surface area contributed by atoms with Crippen LogP contribution in [0.25, 0.3) is 17.1 Å². The minimum atomic E-state index is -1.04. The van der Waals surface area contributed by atoms with Gasteiger partial charge in [-0.15, -0.1) is 0 Å². The zero-order chi connectivity index (χ0) is 18.3. The van der Waals surface area contributed by atoms with Crippen molar-refractivity contribution in [1.82, 2.24) is 9.38 Å². The van der Waals surface area contributed by atoms with Gasteiger partial charge in [-0.25, -0.2) is 9.78 Å². The highest BCUT2D eigenvalue weighted by atomic mass is 32.1. The van der Waals surface area contributed by atoms with Crippen molar-refractivity contribution < 1.29 is 9.90 Å². The van der Waals surface area contributed by atoms with Crippen molar-refractivity contribution >= 4 is 34.4 Å². The number of carboxylic acid groups (broad SMARTS) is 1. The average Bonchev–Trinajstić information content (AvgIpc) is 2.89. The second-order valence-corrected chi connectivity index (χ2v) is 7.04. The van der Waals surface area contributed by atoms with Gasteiger partial charge in [0.1, 0.15) is 4.88 Å². The molecule has 0 saturated heterocycles. The van der Waals surface area contributed by atoms with Crippen LogP contribution in [-0.4, -0.2) is 20.5 Å². The molecule has 0 saturated carbocycles. The van der Waals surface area contributed by atoms with Crippen molar-refractivity contribution in [2.24, 2.45) is 0 Å². The van der Waals surface area contributed by atoms with Crippen LogP contribution in [0.2, 0.25) is 0 Å². The lowest BCUT2D eigenvalue weighted by atomic mass is 10.0. The predicted octanol–water partition coefficient (Wildman–Crippen LogP) is 3.86. The molecule has 3 rings (SSSR count). The molecule has 1 N–H and O–H groups in total. The molecule has 0 fully saturated rings. The summed E-state index contributed by atoms with van der Waals surface area (Å²) in [4.78, 5) is 29.0. The van der Waals surface area contributed by atoms with Gasteiger partial charge in [0.15, 0.2) is 4.96 Å². The fourth-order valence-electron chi connectivity index (χ4n) is 2.70. The fourth-order valence-corrected chi connectivity index (χ4v) is 3.66. The third-order valence-electron chi connectivity index (χ3n) is 4.22. The number of carbonyl (C=O) groups is 1. The molecule has 3 aromatic rings. The maximum atomic E-state index is 12.6. The molecule has 0 aliphatic carbocycles. The van der Waals surface area contributed by atoms with Gasteiger partial charge in [0, 0.05) is 5.56 Å². The van der Waals surface area contributed by atoms with E-state index in [1.54, 1.807) is 13.8 Å². The van der Waals surface area contributed by atoms with Crippen LogP contribution >= 0.6 is 11.3 Å². The van der Waals surface area contributed by atoms with Crippen LogP contribution in [0.5, 0.6) is 0 Å². The van der Waals surface area contributed by atoms with E-state index in [0.717, 1.165) is 28.0 Å². The fraction of sp³-hybridized carbons (Fsp3) is 0.211.